The second-order valence-corrected chi connectivity index (χ2v) is 8.48. The Morgan fingerprint density at radius 2 is 1.65 bits per heavy atom. The molecule has 1 saturated heterocycles. The molecule has 4 nitrogen and oxygen atoms in total. The molecule has 0 saturated carbocycles. The number of carbonyl (C=O) groups excluding carboxylic acids is 1. The van der Waals surface area contributed by atoms with Crippen molar-refractivity contribution >= 4 is 22.5 Å². The van der Waals surface area contributed by atoms with Crippen molar-refractivity contribution in [3.63, 3.8) is 0 Å². The number of halogens is 3. The Labute approximate surface area is 195 Å². The molecule has 1 aliphatic heterocycles. The molecule has 7 heteroatoms. The third-order valence-electron chi connectivity index (χ3n) is 6.09. The zero-order valence-corrected chi connectivity index (χ0v) is 18.3. The third-order valence-corrected chi connectivity index (χ3v) is 6.09. The number of amides is 1. The molecule has 5 rings (SSSR count). The van der Waals surface area contributed by atoms with Gasteiger partial charge in [-0.2, -0.15) is 0 Å². The van der Waals surface area contributed by atoms with E-state index in [1.165, 1.54) is 55.3 Å². The first-order chi connectivity index (χ1) is 16.5. The largest absolute Gasteiger partial charge is 0.319 e. The van der Waals surface area contributed by atoms with Crippen LogP contribution in [0.25, 0.3) is 22.0 Å². The molecule has 2 heterocycles. The Morgan fingerprint density at radius 3 is 2.38 bits per heavy atom. The SMILES string of the molecule is O=C(Nc1ccc2cc(CN3CCCC3)cnc2c1F)c1ccc(-c2ccc(F)cc2)cc1F. The zero-order valence-electron chi connectivity index (χ0n) is 18.3. The average molecular weight is 461 g/mol. The van der Waals surface area contributed by atoms with Crippen molar-refractivity contribution in [3.8, 4) is 11.1 Å². The molecule has 1 amide bonds. The Bertz CT molecular complexity index is 1370. The fourth-order valence-electron chi connectivity index (χ4n) is 4.30. The number of benzene rings is 3. The summed E-state index contributed by atoms with van der Waals surface area (Å²) in [4.78, 5) is 19.3. The lowest BCUT2D eigenvalue weighted by Gasteiger charge is -2.15. The first-order valence-electron chi connectivity index (χ1n) is 11.1. The van der Waals surface area contributed by atoms with Gasteiger partial charge in [-0.3, -0.25) is 14.7 Å². The minimum absolute atomic E-state index is 0.0701. The summed E-state index contributed by atoms with van der Waals surface area (Å²) >= 11 is 0. The second kappa shape index (κ2) is 9.27. The molecular formula is C27H22F3N3O. The summed E-state index contributed by atoms with van der Waals surface area (Å²) in [5, 5.41) is 3.09. The van der Waals surface area contributed by atoms with Crippen LogP contribution in [-0.4, -0.2) is 28.9 Å². The summed E-state index contributed by atoms with van der Waals surface area (Å²) in [5.74, 6) is -2.59. The molecule has 0 atom stereocenters. The number of likely N-dealkylation sites (tertiary alicyclic amines) is 1. The van der Waals surface area contributed by atoms with E-state index < -0.39 is 23.4 Å². The van der Waals surface area contributed by atoms with Crippen LogP contribution in [0.15, 0.2) is 66.9 Å². The smallest absolute Gasteiger partial charge is 0.258 e. The monoisotopic (exact) mass is 461 g/mol. The van der Waals surface area contributed by atoms with Gasteiger partial charge in [-0.05, 0) is 79.0 Å². The lowest BCUT2D eigenvalue weighted by molar-refractivity contribution is 0.102. The van der Waals surface area contributed by atoms with Gasteiger partial charge in [0, 0.05) is 18.1 Å². The van der Waals surface area contributed by atoms with E-state index >= 15 is 4.39 Å². The molecule has 172 valence electrons. The fourth-order valence-corrected chi connectivity index (χ4v) is 4.30. The van der Waals surface area contributed by atoms with Gasteiger partial charge in [0.1, 0.15) is 17.2 Å². The molecule has 3 aromatic carbocycles. The van der Waals surface area contributed by atoms with E-state index in [1.54, 1.807) is 18.3 Å². The Balaban J connectivity index is 1.35. The van der Waals surface area contributed by atoms with Crippen LogP contribution in [0.5, 0.6) is 0 Å². The van der Waals surface area contributed by atoms with E-state index in [-0.39, 0.29) is 16.8 Å². The van der Waals surface area contributed by atoms with Gasteiger partial charge in [-0.15, -0.1) is 0 Å². The minimum Gasteiger partial charge on any atom is -0.319 e. The Morgan fingerprint density at radius 1 is 0.912 bits per heavy atom. The molecule has 0 spiro atoms. The normalized spacial score (nSPS) is 14.0. The summed E-state index contributed by atoms with van der Waals surface area (Å²) in [6, 6.07) is 14.8. The van der Waals surface area contributed by atoms with Gasteiger partial charge in [-0.25, -0.2) is 13.2 Å². The van der Waals surface area contributed by atoms with E-state index in [9.17, 15) is 13.6 Å². The number of carbonyl (C=O) groups is 1. The number of nitrogens with zero attached hydrogens (tertiary/aromatic N) is 2. The van der Waals surface area contributed by atoms with Gasteiger partial charge >= 0.3 is 0 Å². The summed E-state index contributed by atoms with van der Waals surface area (Å²) in [6.07, 6.45) is 4.03. The van der Waals surface area contributed by atoms with Crippen molar-refractivity contribution in [3.05, 3.63) is 95.4 Å². The maximum atomic E-state index is 15.1. The van der Waals surface area contributed by atoms with Crippen LogP contribution in [0.1, 0.15) is 28.8 Å². The fraction of sp³-hybridized carbons (Fsp3) is 0.185. The Kier molecular flexibility index (Phi) is 6.02. The van der Waals surface area contributed by atoms with Gasteiger partial charge in [0.15, 0.2) is 5.82 Å². The van der Waals surface area contributed by atoms with Crippen LogP contribution in [-0.2, 0) is 6.54 Å². The number of nitrogens with one attached hydrogen (secondary N) is 1. The summed E-state index contributed by atoms with van der Waals surface area (Å²) in [7, 11) is 0. The third kappa shape index (κ3) is 4.52. The molecule has 0 radical (unpaired) electrons. The van der Waals surface area contributed by atoms with Crippen LogP contribution in [0.3, 0.4) is 0 Å². The van der Waals surface area contributed by atoms with E-state index in [1.807, 2.05) is 6.07 Å². The molecule has 34 heavy (non-hydrogen) atoms. The van der Waals surface area contributed by atoms with Crippen molar-refractivity contribution in [2.24, 2.45) is 0 Å². The molecule has 0 unspecified atom stereocenters. The van der Waals surface area contributed by atoms with Gasteiger partial charge in [0.25, 0.3) is 5.91 Å². The van der Waals surface area contributed by atoms with E-state index in [0.717, 1.165) is 25.2 Å². The molecule has 4 aromatic rings. The number of pyridine rings is 1. The summed E-state index contributed by atoms with van der Waals surface area (Å²) in [5.41, 5.74) is 1.98. The van der Waals surface area contributed by atoms with Crippen molar-refractivity contribution in [2.75, 3.05) is 18.4 Å². The molecule has 1 aliphatic rings. The van der Waals surface area contributed by atoms with Crippen LogP contribution in [0, 0.1) is 17.5 Å². The number of fused-ring (bicyclic) bond motifs is 1. The topological polar surface area (TPSA) is 45.2 Å². The maximum Gasteiger partial charge on any atom is 0.258 e. The van der Waals surface area contributed by atoms with Gasteiger partial charge in [-0.1, -0.05) is 24.3 Å². The predicted molar refractivity (Wildman–Crippen MR) is 126 cm³/mol. The molecule has 0 bridgehead atoms. The van der Waals surface area contributed by atoms with Crippen LogP contribution in [0.4, 0.5) is 18.9 Å². The van der Waals surface area contributed by atoms with Crippen molar-refractivity contribution in [1.82, 2.24) is 9.88 Å². The lowest BCUT2D eigenvalue weighted by atomic mass is 10.0. The highest BCUT2D eigenvalue weighted by Gasteiger charge is 2.18. The van der Waals surface area contributed by atoms with Crippen LogP contribution < -0.4 is 5.32 Å². The molecule has 1 aromatic heterocycles. The van der Waals surface area contributed by atoms with Gasteiger partial charge in [0.2, 0.25) is 0 Å². The molecule has 1 N–H and O–H groups in total. The van der Waals surface area contributed by atoms with Gasteiger partial charge in [0.05, 0.1) is 11.3 Å². The number of rotatable bonds is 5. The quantitative estimate of drug-likeness (QED) is 0.387. The van der Waals surface area contributed by atoms with Gasteiger partial charge < -0.3 is 5.32 Å². The summed E-state index contributed by atoms with van der Waals surface area (Å²) in [6.45, 7) is 2.88. The number of anilines is 1. The van der Waals surface area contributed by atoms with Crippen molar-refractivity contribution in [1.29, 1.82) is 0 Å². The molecular weight excluding hydrogens is 439 g/mol. The Hall–Kier alpha value is -3.71. The predicted octanol–water partition coefficient (Wildman–Crippen LogP) is 6.17. The second-order valence-electron chi connectivity index (χ2n) is 8.48. The molecule has 1 fully saturated rings. The number of hydrogen-bond acceptors (Lipinski definition) is 3. The highest BCUT2D eigenvalue weighted by molar-refractivity contribution is 6.05. The van der Waals surface area contributed by atoms with Crippen molar-refractivity contribution < 1.29 is 18.0 Å². The molecule has 0 aliphatic carbocycles. The highest BCUT2D eigenvalue weighted by atomic mass is 19.1. The summed E-state index contributed by atoms with van der Waals surface area (Å²) < 4.78 is 42.9. The standard InChI is InChI=1S/C27H22F3N3O/c28-21-7-3-18(4-8-21)19-5-9-22(23(29)14-19)27(34)32-24-10-6-20-13-17(15-31-26(20)25(24)30)16-33-11-1-2-12-33/h3-10,13-15H,1-2,11-12,16H2,(H,32,34). The number of hydrogen-bond donors (Lipinski definition) is 1. The average Bonchev–Trinajstić information content (AvgIpc) is 3.34. The minimum atomic E-state index is -0.771. The van der Waals surface area contributed by atoms with E-state index in [2.05, 4.69) is 15.2 Å². The first kappa shape index (κ1) is 22.1. The number of aromatic nitrogens is 1. The zero-order chi connectivity index (χ0) is 23.7. The maximum absolute atomic E-state index is 15.1. The van der Waals surface area contributed by atoms with Crippen LogP contribution in [0.2, 0.25) is 0 Å². The van der Waals surface area contributed by atoms with E-state index in [4.69, 9.17) is 0 Å². The lowest BCUT2D eigenvalue weighted by Crippen LogP contribution is -2.18. The van der Waals surface area contributed by atoms with Crippen molar-refractivity contribution in [2.45, 2.75) is 19.4 Å². The first-order valence-corrected chi connectivity index (χ1v) is 11.1. The van der Waals surface area contributed by atoms with E-state index in [0.29, 0.717) is 16.5 Å². The highest BCUT2D eigenvalue weighted by Crippen LogP contribution is 2.27. The van der Waals surface area contributed by atoms with Crippen LogP contribution >= 0.6 is 0 Å².